The van der Waals surface area contributed by atoms with Gasteiger partial charge in [0.1, 0.15) is 0 Å². The fourth-order valence-corrected chi connectivity index (χ4v) is 2.05. The van der Waals surface area contributed by atoms with Gasteiger partial charge in [-0.15, -0.1) is 0 Å². The summed E-state index contributed by atoms with van der Waals surface area (Å²) in [4.78, 5) is 12.1. The first-order valence-corrected chi connectivity index (χ1v) is 7.25. The van der Waals surface area contributed by atoms with E-state index in [9.17, 15) is 4.79 Å². The van der Waals surface area contributed by atoms with E-state index < -0.39 is 0 Å². The van der Waals surface area contributed by atoms with Gasteiger partial charge in [0, 0.05) is 30.0 Å². The minimum atomic E-state index is -0.329. The molecule has 0 atom stereocenters. The zero-order valence-corrected chi connectivity index (χ0v) is 12.5. The molecule has 1 aromatic carbocycles. The van der Waals surface area contributed by atoms with Gasteiger partial charge in [-0.1, -0.05) is 13.8 Å². The van der Waals surface area contributed by atoms with Crippen LogP contribution in [0.1, 0.15) is 37.0 Å². The van der Waals surface area contributed by atoms with Crippen molar-refractivity contribution in [2.75, 3.05) is 6.54 Å². The summed E-state index contributed by atoms with van der Waals surface area (Å²) in [6, 6.07) is 9.19. The standard InChI is InChI=1S/C16H22N4O/c1-3-16(17,4-2)12-18-15(21)13-6-8-14(9-7-13)20-11-5-10-19-20/h5-11H,3-4,12,17H2,1-2H3,(H,18,21). The average Bonchev–Trinajstić information content (AvgIpc) is 3.07. The van der Waals surface area contributed by atoms with Crippen molar-refractivity contribution in [1.29, 1.82) is 0 Å². The second kappa shape index (κ2) is 6.54. The number of carbonyl (C=O) groups is 1. The number of nitrogens with one attached hydrogen (secondary N) is 1. The molecule has 0 spiro atoms. The zero-order valence-electron chi connectivity index (χ0n) is 12.5. The molecule has 21 heavy (non-hydrogen) atoms. The minimum Gasteiger partial charge on any atom is -0.350 e. The van der Waals surface area contributed by atoms with Crippen LogP contribution in [0, 0.1) is 0 Å². The first kappa shape index (κ1) is 15.3. The van der Waals surface area contributed by atoms with Crippen LogP contribution >= 0.6 is 0 Å². The number of hydrogen-bond acceptors (Lipinski definition) is 3. The van der Waals surface area contributed by atoms with Crippen molar-refractivity contribution in [2.45, 2.75) is 32.2 Å². The van der Waals surface area contributed by atoms with E-state index >= 15 is 0 Å². The van der Waals surface area contributed by atoms with Gasteiger partial charge in [-0.25, -0.2) is 4.68 Å². The highest BCUT2D eigenvalue weighted by molar-refractivity contribution is 5.94. The summed E-state index contributed by atoms with van der Waals surface area (Å²) in [5.41, 5.74) is 7.40. The zero-order chi connectivity index (χ0) is 15.3. The summed E-state index contributed by atoms with van der Waals surface area (Å²) in [6.07, 6.45) is 5.25. The highest BCUT2D eigenvalue weighted by Crippen LogP contribution is 2.11. The number of nitrogens with two attached hydrogens (primary N) is 1. The van der Waals surface area contributed by atoms with Crippen LogP contribution in [0.3, 0.4) is 0 Å². The van der Waals surface area contributed by atoms with Crippen molar-refractivity contribution in [2.24, 2.45) is 5.73 Å². The molecule has 2 aromatic rings. The quantitative estimate of drug-likeness (QED) is 0.854. The molecule has 0 aliphatic carbocycles. The highest BCUT2D eigenvalue weighted by Gasteiger charge is 2.21. The van der Waals surface area contributed by atoms with Crippen molar-refractivity contribution in [3.05, 3.63) is 48.3 Å². The van der Waals surface area contributed by atoms with Crippen molar-refractivity contribution in [1.82, 2.24) is 15.1 Å². The molecular formula is C16H22N4O. The molecule has 0 fully saturated rings. The molecule has 0 aliphatic heterocycles. The third-order valence-electron chi connectivity index (χ3n) is 3.91. The third-order valence-corrected chi connectivity index (χ3v) is 3.91. The van der Waals surface area contributed by atoms with Crippen LogP contribution in [0.2, 0.25) is 0 Å². The van der Waals surface area contributed by atoms with Gasteiger partial charge in [0.15, 0.2) is 0 Å². The van der Waals surface area contributed by atoms with Crippen LogP contribution in [-0.2, 0) is 0 Å². The SMILES string of the molecule is CCC(N)(CC)CNC(=O)c1ccc(-n2cccn2)cc1. The van der Waals surface area contributed by atoms with Crippen molar-refractivity contribution < 1.29 is 4.79 Å². The molecule has 1 amide bonds. The summed E-state index contributed by atoms with van der Waals surface area (Å²) in [5, 5.41) is 7.06. The molecule has 112 valence electrons. The maximum Gasteiger partial charge on any atom is 0.251 e. The van der Waals surface area contributed by atoms with Gasteiger partial charge >= 0.3 is 0 Å². The van der Waals surface area contributed by atoms with Crippen molar-refractivity contribution in [3.63, 3.8) is 0 Å². The number of rotatable bonds is 6. The number of nitrogens with zero attached hydrogens (tertiary/aromatic N) is 2. The van der Waals surface area contributed by atoms with E-state index in [-0.39, 0.29) is 11.4 Å². The summed E-state index contributed by atoms with van der Waals surface area (Å²) in [6.45, 7) is 4.56. The lowest BCUT2D eigenvalue weighted by Crippen LogP contribution is -2.49. The topological polar surface area (TPSA) is 72.9 Å². The van der Waals surface area contributed by atoms with Crippen molar-refractivity contribution >= 4 is 5.91 Å². The first-order chi connectivity index (χ1) is 10.1. The summed E-state index contributed by atoms with van der Waals surface area (Å²) >= 11 is 0. The molecular weight excluding hydrogens is 264 g/mol. The Balaban J connectivity index is 2.00. The Morgan fingerprint density at radius 3 is 2.48 bits per heavy atom. The van der Waals surface area contributed by atoms with Gasteiger partial charge in [-0.05, 0) is 43.2 Å². The lowest BCUT2D eigenvalue weighted by molar-refractivity contribution is 0.0942. The van der Waals surface area contributed by atoms with Gasteiger partial charge < -0.3 is 11.1 Å². The molecule has 0 saturated heterocycles. The Morgan fingerprint density at radius 2 is 1.95 bits per heavy atom. The Morgan fingerprint density at radius 1 is 1.29 bits per heavy atom. The van der Waals surface area contributed by atoms with Gasteiger partial charge in [-0.2, -0.15) is 5.10 Å². The highest BCUT2D eigenvalue weighted by atomic mass is 16.1. The molecule has 0 saturated carbocycles. The van der Waals surface area contributed by atoms with E-state index in [2.05, 4.69) is 10.4 Å². The lowest BCUT2D eigenvalue weighted by Gasteiger charge is -2.26. The normalized spacial score (nSPS) is 11.4. The fraction of sp³-hybridized carbons (Fsp3) is 0.375. The maximum atomic E-state index is 12.1. The first-order valence-electron chi connectivity index (χ1n) is 7.25. The smallest absolute Gasteiger partial charge is 0.251 e. The Bertz CT molecular complexity index is 571. The molecule has 1 heterocycles. The monoisotopic (exact) mass is 286 g/mol. The van der Waals surface area contributed by atoms with Crippen LogP contribution in [0.15, 0.2) is 42.7 Å². The summed E-state index contributed by atoms with van der Waals surface area (Å²) < 4.78 is 1.75. The van der Waals surface area contributed by atoms with Gasteiger partial charge in [0.2, 0.25) is 0 Å². The van der Waals surface area contributed by atoms with Gasteiger partial charge in [0.05, 0.1) is 5.69 Å². The number of carbonyl (C=O) groups excluding carboxylic acids is 1. The van der Waals surface area contributed by atoms with E-state index in [1.54, 1.807) is 23.0 Å². The van der Waals surface area contributed by atoms with E-state index in [0.717, 1.165) is 18.5 Å². The minimum absolute atomic E-state index is 0.0984. The van der Waals surface area contributed by atoms with E-state index in [1.165, 1.54) is 0 Å². The molecule has 5 heteroatoms. The van der Waals surface area contributed by atoms with E-state index in [0.29, 0.717) is 12.1 Å². The number of aromatic nitrogens is 2. The van der Waals surface area contributed by atoms with Crippen LogP contribution in [-0.4, -0.2) is 27.8 Å². The molecule has 0 unspecified atom stereocenters. The molecule has 2 rings (SSSR count). The van der Waals surface area contributed by atoms with Crippen LogP contribution < -0.4 is 11.1 Å². The van der Waals surface area contributed by atoms with E-state index in [4.69, 9.17) is 5.73 Å². The molecule has 0 radical (unpaired) electrons. The van der Waals surface area contributed by atoms with Crippen LogP contribution in [0.4, 0.5) is 0 Å². The molecule has 1 aromatic heterocycles. The summed E-state index contributed by atoms with van der Waals surface area (Å²) in [5.74, 6) is -0.0984. The number of hydrogen-bond donors (Lipinski definition) is 2. The molecule has 3 N–H and O–H groups in total. The predicted molar refractivity (Wildman–Crippen MR) is 83.4 cm³/mol. The summed E-state index contributed by atoms with van der Waals surface area (Å²) in [7, 11) is 0. The second-order valence-electron chi connectivity index (χ2n) is 5.25. The lowest BCUT2D eigenvalue weighted by atomic mass is 9.94. The fourth-order valence-electron chi connectivity index (χ4n) is 2.05. The Kier molecular flexibility index (Phi) is 4.75. The number of amides is 1. The number of benzene rings is 1. The molecule has 5 nitrogen and oxygen atoms in total. The Labute approximate surface area is 125 Å². The largest absolute Gasteiger partial charge is 0.350 e. The van der Waals surface area contributed by atoms with Crippen LogP contribution in [0.25, 0.3) is 5.69 Å². The van der Waals surface area contributed by atoms with Gasteiger partial charge in [0.25, 0.3) is 5.91 Å². The maximum absolute atomic E-state index is 12.1. The average molecular weight is 286 g/mol. The second-order valence-corrected chi connectivity index (χ2v) is 5.25. The van der Waals surface area contributed by atoms with Crippen molar-refractivity contribution in [3.8, 4) is 5.69 Å². The third kappa shape index (κ3) is 3.70. The van der Waals surface area contributed by atoms with Gasteiger partial charge in [-0.3, -0.25) is 4.79 Å². The molecule has 0 aliphatic rings. The van der Waals surface area contributed by atoms with E-state index in [1.807, 2.05) is 38.2 Å². The molecule has 0 bridgehead atoms. The predicted octanol–water partition coefficient (Wildman–Crippen LogP) is 2.12. The van der Waals surface area contributed by atoms with Crippen LogP contribution in [0.5, 0.6) is 0 Å². The Hall–Kier alpha value is -2.14.